The third kappa shape index (κ3) is 4.76. The second-order valence-corrected chi connectivity index (χ2v) is 9.09. The zero-order chi connectivity index (χ0) is 25.9. The van der Waals surface area contributed by atoms with E-state index in [-0.39, 0.29) is 11.8 Å². The summed E-state index contributed by atoms with van der Waals surface area (Å²) < 4.78 is 10.7. The van der Waals surface area contributed by atoms with Crippen LogP contribution in [0, 0.1) is 0 Å². The summed E-state index contributed by atoms with van der Waals surface area (Å²) in [6, 6.07) is 28.3. The van der Waals surface area contributed by atoms with Gasteiger partial charge in [0.1, 0.15) is 11.5 Å². The fourth-order valence-electron chi connectivity index (χ4n) is 4.77. The Morgan fingerprint density at radius 2 is 1.49 bits per heavy atom. The second kappa shape index (κ2) is 10.4. The van der Waals surface area contributed by atoms with Crippen LogP contribution in [0.15, 0.2) is 97.1 Å². The third-order valence-corrected chi connectivity index (χ3v) is 6.76. The normalized spacial score (nSPS) is 16.6. The van der Waals surface area contributed by atoms with E-state index in [9.17, 15) is 9.59 Å². The minimum Gasteiger partial charge on any atom is -0.497 e. The number of amides is 2. The molecule has 2 atom stereocenters. The van der Waals surface area contributed by atoms with Crippen molar-refractivity contribution in [1.29, 1.82) is 0 Å². The minimum absolute atomic E-state index is 0.187. The number of rotatable bonds is 6. The Bertz CT molecular complexity index is 1440. The van der Waals surface area contributed by atoms with Gasteiger partial charge in [-0.15, -0.1) is 0 Å². The van der Waals surface area contributed by atoms with Crippen LogP contribution in [-0.4, -0.2) is 26.0 Å². The van der Waals surface area contributed by atoms with E-state index in [0.717, 1.165) is 5.56 Å². The molecule has 0 radical (unpaired) electrons. The van der Waals surface area contributed by atoms with Gasteiger partial charge in [0.25, 0.3) is 5.91 Å². The summed E-state index contributed by atoms with van der Waals surface area (Å²) in [6.07, 6.45) is 0. The number of benzene rings is 4. The number of methoxy groups -OCH3 is 2. The van der Waals surface area contributed by atoms with Gasteiger partial charge in [-0.25, -0.2) is 0 Å². The molecular weight excluding hydrogens is 488 g/mol. The number of halogens is 1. The van der Waals surface area contributed by atoms with Gasteiger partial charge in [-0.05, 0) is 71.8 Å². The lowest BCUT2D eigenvalue weighted by atomic mass is 9.78. The molecule has 1 aliphatic heterocycles. The average Bonchev–Trinajstić information content (AvgIpc) is 2.93. The van der Waals surface area contributed by atoms with Gasteiger partial charge in [0.2, 0.25) is 5.91 Å². The van der Waals surface area contributed by atoms with Gasteiger partial charge < -0.3 is 14.8 Å². The van der Waals surface area contributed by atoms with E-state index in [1.165, 1.54) is 0 Å². The van der Waals surface area contributed by atoms with Crippen LogP contribution in [0.3, 0.4) is 0 Å². The van der Waals surface area contributed by atoms with Crippen LogP contribution >= 0.6 is 11.6 Å². The van der Waals surface area contributed by atoms with Gasteiger partial charge in [-0.3, -0.25) is 14.5 Å². The van der Waals surface area contributed by atoms with E-state index in [1.807, 2.05) is 54.6 Å². The lowest BCUT2D eigenvalue weighted by molar-refractivity contribution is -0.118. The van der Waals surface area contributed by atoms with Crippen molar-refractivity contribution in [2.75, 3.05) is 24.4 Å². The number of ether oxygens (including phenoxy) is 2. The van der Waals surface area contributed by atoms with E-state index < -0.39 is 12.0 Å². The monoisotopic (exact) mass is 512 g/mol. The maximum absolute atomic E-state index is 14.0. The molecule has 0 aromatic heterocycles. The first-order valence-corrected chi connectivity index (χ1v) is 12.1. The highest BCUT2D eigenvalue weighted by atomic mass is 35.5. The average molecular weight is 513 g/mol. The molecule has 37 heavy (non-hydrogen) atoms. The summed E-state index contributed by atoms with van der Waals surface area (Å²) in [5.41, 5.74) is 3.18. The minimum atomic E-state index is -0.705. The molecule has 0 fully saturated rings. The number of carbonyl (C=O) groups excluding carboxylic acids is 2. The van der Waals surface area contributed by atoms with E-state index in [0.29, 0.717) is 39.0 Å². The first kappa shape index (κ1) is 24.4. The van der Waals surface area contributed by atoms with Gasteiger partial charge in [0.05, 0.1) is 26.2 Å². The Morgan fingerprint density at radius 3 is 2.14 bits per heavy atom. The van der Waals surface area contributed by atoms with Crippen LogP contribution in [0.2, 0.25) is 5.02 Å². The maximum atomic E-state index is 14.0. The van der Waals surface area contributed by atoms with Crippen molar-refractivity contribution in [2.45, 2.75) is 12.0 Å². The number of hydrogen-bond acceptors (Lipinski definition) is 4. The molecule has 1 N–H and O–H groups in total. The highest BCUT2D eigenvalue weighted by Gasteiger charge is 2.45. The van der Waals surface area contributed by atoms with Crippen molar-refractivity contribution in [2.24, 2.45) is 0 Å². The molecule has 0 saturated carbocycles. The predicted octanol–water partition coefficient (Wildman–Crippen LogP) is 6.48. The highest BCUT2D eigenvalue weighted by molar-refractivity contribution is 6.31. The number of carbonyl (C=O) groups is 2. The maximum Gasteiger partial charge on any atom is 0.259 e. The van der Waals surface area contributed by atoms with Gasteiger partial charge >= 0.3 is 0 Å². The molecular formula is C30H25ClN2O4. The molecule has 6 nitrogen and oxygen atoms in total. The zero-order valence-electron chi connectivity index (χ0n) is 20.4. The fourth-order valence-corrected chi connectivity index (χ4v) is 4.96. The fraction of sp³-hybridized carbons (Fsp3) is 0.133. The molecule has 7 heteroatoms. The summed E-state index contributed by atoms with van der Waals surface area (Å²) in [7, 11) is 3.19. The summed E-state index contributed by atoms with van der Waals surface area (Å²) >= 11 is 6.17. The molecule has 1 heterocycles. The van der Waals surface area contributed by atoms with Crippen LogP contribution in [0.1, 0.15) is 33.4 Å². The molecule has 0 bridgehead atoms. The van der Waals surface area contributed by atoms with Crippen molar-refractivity contribution < 1.29 is 19.1 Å². The quantitative estimate of drug-likeness (QED) is 0.321. The van der Waals surface area contributed by atoms with Crippen LogP contribution in [0.4, 0.5) is 11.4 Å². The summed E-state index contributed by atoms with van der Waals surface area (Å²) in [5, 5.41) is 3.53. The molecule has 0 saturated heterocycles. The Morgan fingerprint density at radius 1 is 0.838 bits per heavy atom. The lowest BCUT2D eigenvalue weighted by Crippen LogP contribution is -2.46. The second-order valence-electron chi connectivity index (χ2n) is 8.66. The largest absolute Gasteiger partial charge is 0.497 e. The van der Waals surface area contributed by atoms with Crippen LogP contribution < -0.4 is 19.7 Å². The van der Waals surface area contributed by atoms with Gasteiger partial charge in [-0.2, -0.15) is 0 Å². The molecule has 186 valence electrons. The summed E-state index contributed by atoms with van der Waals surface area (Å²) in [6.45, 7) is 0. The Kier molecular flexibility index (Phi) is 6.84. The molecule has 1 aliphatic rings. The number of fused-ring (bicyclic) bond motifs is 1. The van der Waals surface area contributed by atoms with Crippen molar-refractivity contribution in [3.05, 3.63) is 119 Å². The Balaban J connectivity index is 1.68. The molecule has 0 spiro atoms. The molecule has 2 amide bonds. The summed E-state index contributed by atoms with van der Waals surface area (Å²) in [5.74, 6) is 0.213. The third-order valence-electron chi connectivity index (χ3n) is 6.52. The van der Waals surface area contributed by atoms with Gasteiger partial charge in [-0.1, -0.05) is 48.0 Å². The number of nitrogens with zero attached hydrogens (tertiary/aromatic N) is 1. The van der Waals surface area contributed by atoms with Crippen molar-refractivity contribution in [3.63, 3.8) is 0 Å². The van der Waals surface area contributed by atoms with E-state index in [2.05, 4.69) is 5.32 Å². The predicted molar refractivity (Wildman–Crippen MR) is 145 cm³/mol. The molecule has 5 rings (SSSR count). The van der Waals surface area contributed by atoms with Gasteiger partial charge in [0, 0.05) is 22.0 Å². The zero-order valence-corrected chi connectivity index (χ0v) is 21.1. The first-order valence-electron chi connectivity index (χ1n) is 11.8. The van der Waals surface area contributed by atoms with E-state index >= 15 is 0 Å². The van der Waals surface area contributed by atoms with Crippen molar-refractivity contribution in [3.8, 4) is 11.5 Å². The van der Waals surface area contributed by atoms with Crippen LogP contribution in [0.5, 0.6) is 11.5 Å². The molecule has 0 aliphatic carbocycles. The Hall–Kier alpha value is -4.29. The van der Waals surface area contributed by atoms with Crippen LogP contribution in [-0.2, 0) is 4.79 Å². The topological polar surface area (TPSA) is 67.9 Å². The molecule has 4 aromatic rings. The Labute approximate surface area is 220 Å². The van der Waals surface area contributed by atoms with Crippen LogP contribution in [0.25, 0.3) is 0 Å². The molecule has 4 aromatic carbocycles. The number of anilines is 2. The SMILES string of the molecule is COc1ccc([C@@H]2[C@H](C(=O)Nc3cccc(Cl)c3)c3ccccc3C(=O)N2c2ccc(OC)cc2)cc1. The standard InChI is InChI=1S/C30H25ClN2O4/c1-36-23-14-10-19(11-15-23)28-27(29(34)32-21-7-5-6-20(31)18-21)25-8-3-4-9-26(25)30(35)33(28)22-12-16-24(37-2)17-13-22/h3-18,27-28H,1-2H3,(H,32,34)/t27-,28-/m1/s1. The summed E-state index contributed by atoms with van der Waals surface area (Å²) in [4.78, 5) is 29.7. The van der Waals surface area contributed by atoms with E-state index in [1.54, 1.807) is 61.6 Å². The van der Waals surface area contributed by atoms with E-state index in [4.69, 9.17) is 21.1 Å². The van der Waals surface area contributed by atoms with Crippen molar-refractivity contribution in [1.82, 2.24) is 0 Å². The van der Waals surface area contributed by atoms with Crippen molar-refractivity contribution >= 4 is 34.8 Å². The smallest absolute Gasteiger partial charge is 0.259 e. The van der Waals surface area contributed by atoms with Gasteiger partial charge in [0.15, 0.2) is 0 Å². The number of nitrogens with one attached hydrogen (secondary N) is 1. The lowest BCUT2D eigenvalue weighted by Gasteiger charge is -2.42. The molecule has 0 unspecified atom stereocenters. The number of hydrogen-bond donors (Lipinski definition) is 1. The first-order chi connectivity index (χ1) is 18.0. The highest BCUT2D eigenvalue weighted by Crippen LogP contribution is 2.46.